The molecule has 0 heterocycles. The van der Waals surface area contributed by atoms with Crippen molar-refractivity contribution in [3.05, 3.63) is 84.4 Å². The van der Waals surface area contributed by atoms with E-state index in [0.717, 1.165) is 11.4 Å². The lowest BCUT2D eigenvalue weighted by molar-refractivity contribution is -0.135. The zero-order chi connectivity index (χ0) is 19.9. The molecule has 28 heavy (non-hydrogen) atoms. The summed E-state index contributed by atoms with van der Waals surface area (Å²) in [5, 5.41) is 7.67. The number of nitrogen functional groups attached to an aromatic ring is 1. The third-order valence-corrected chi connectivity index (χ3v) is 3.84. The lowest BCUT2D eigenvalue weighted by Crippen LogP contribution is -2.39. The van der Waals surface area contributed by atoms with Crippen LogP contribution in [0.3, 0.4) is 0 Å². The van der Waals surface area contributed by atoms with E-state index in [1.807, 2.05) is 35.6 Å². The highest BCUT2D eigenvalue weighted by Gasteiger charge is 2.19. The van der Waals surface area contributed by atoms with Gasteiger partial charge in [-0.25, -0.2) is 0 Å². The topological polar surface area (TPSA) is 113 Å². The van der Waals surface area contributed by atoms with Gasteiger partial charge in [0.1, 0.15) is 0 Å². The number of para-hydroxylation sites is 2. The second-order valence-corrected chi connectivity index (χ2v) is 5.89. The number of carbonyl (C=O) groups is 3. The molecule has 3 rings (SSSR count). The summed E-state index contributed by atoms with van der Waals surface area (Å²) in [5.74, 6) is -2.76. The molecule has 7 heteroatoms. The fourth-order valence-corrected chi connectivity index (χ4v) is 2.44. The molecule has 0 aliphatic carbocycles. The van der Waals surface area contributed by atoms with Gasteiger partial charge in [-0.15, -0.1) is 0 Å². The Hall–Kier alpha value is -4.13. The van der Waals surface area contributed by atoms with Crippen LogP contribution >= 0.6 is 0 Å². The SMILES string of the molecule is Nc1ccccc1C(=O)NC(=O)C(=O)Nc1ccc(Nc2ccccc2)cc1. The normalized spacial score (nSPS) is 10.0. The first-order valence-electron chi connectivity index (χ1n) is 8.46. The first-order valence-corrected chi connectivity index (χ1v) is 8.46. The molecule has 0 atom stereocenters. The summed E-state index contributed by atoms with van der Waals surface area (Å²) in [6.45, 7) is 0. The zero-order valence-corrected chi connectivity index (χ0v) is 14.8. The average Bonchev–Trinajstić information content (AvgIpc) is 2.70. The van der Waals surface area contributed by atoms with Crippen LogP contribution in [0.15, 0.2) is 78.9 Å². The summed E-state index contributed by atoms with van der Waals surface area (Å²) >= 11 is 0. The van der Waals surface area contributed by atoms with Crippen molar-refractivity contribution in [2.75, 3.05) is 16.4 Å². The summed E-state index contributed by atoms with van der Waals surface area (Å²) in [6, 6.07) is 22.7. The predicted octanol–water partition coefficient (Wildman–Crippen LogP) is 2.91. The Morgan fingerprint density at radius 1 is 0.643 bits per heavy atom. The number of hydrogen-bond acceptors (Lipinski definition) is 5. The van der Waals surface area contributed by atoms with Crippen LogP contribution in [-0.4, -0.2) is 17.7 Å². The van der Waals surface area contributed by atoms with Crippen LogP contribution in [0.5, 0.6) is 0 Å². The Kier molecular flexibility index (Phi) is 5.66. The number of imide groups is 1. The van der Waals surface area contributed by atoms with Crippen molar-refractivity contribution in [1.82, 2.24) is 5.32 Å². The number of amides is 3. The van der Waals surface area contributed by atoms with E-state index in [-0.39, 0.29) is 11.3 Å². The van der Waals surface area contributed by atoms with Crippen LogP contribution in [0.4, 0.5) is 22.7 Å². The van der Waals surface area contributed by atoms with E-state index in [0.29, 0.717) is 5.69 Å². The van der Waals surface area contributed by atoms with Crippen LogP contribution in [0.25, 0.3) is 0 Å². The van der Waals surface area contributed by atoms with Crippen molar-refractivity contribution < 1.29 is 14.4 Å². The van der Waals surface area contributed by atoms with Crippen LogP contribution in [0.2, 0.25) is 0 Å². The van der Waals surface area contributed by atoms with Crippen LogP contribution in [-0.2, 0) is 9.59 Å². The zero-order valence-electron chi connectivity index (χ0n) is 14.8. The number of nitrogens with two attached hydrogens (primary N) is 1. The van der Waals surface area contributed by atoms with Gasteiger partial charge in [-0.2, -0.15) is 0 Å². The van der Waals surface area contributed by atoms with Crippen molar-refractivity contribution in [3.63, 3.8) is 0 Å². The molecule has 3 aromatic carbocycles. The first-order chi connectivity index (χ1) is 13.5. The fourth-order valence-electron chi connectivity index (χ4n) is 2.44. The van der Waals surface area contributed by atoms with Crippen molar-refractivity contribution in [2.45, 2.75) is 0 Å². The molecule has 0 aliphatic heterocycles. The van der Waals surface area contributed by atoms with Crippen LogP contribution in [0.1, 0.15) is 10.4 Å². The molecule has 0 saturated carbocycles. The summed E-state index contributed by atoms with van der Waals surface area (Å²) < 4.78 is 0. The highest BCUT2D eigenvalue weighted by Crippen LogP contribution is 2.18. The van der Waals surface area contributed by atoms with Gasteiger partial charge in [0.05, 0.1) is 5.56 Å². The minimum Gasteiger partial charge on any atom is -0.398 e. The van der Waals surface area contributed by atoms with E-state index in [2.05, 4.69) is 10.6 Å². The molecule has 3 amide bonds. The molecular formula is C21H18N4O3. The van der Waals surface area contributed by atoms with Gasteiger partial charge in [-0.1, -0.05) is 30.3 Å². The van der Waals surface area contributed by atoms with Crippen molar-refractivity contribution in [1.29, 1.82) is 0 Å². The second kappa shape index (κ2) is 8.50. The number of carbonyl (C=O) groups excluding carboxylic acids is 3. The van der Waals surface area contributed by atoms with Gasteiger partial charge in [0.2, 0.25) is 0 Å². The fraction of sp³-hybridized carbons (Fsp3) is 0. The van der Waals surface area contributed by atoms with E-state index in [1.165, 1.54) is 12.1 Å². The number of nitrogens with one attached hydrogen (secondary N) is 3. The van der Waals surface area contributed by atoms with E-state index < -0.39 is 17.7 Å². The highest BCUT2D eigenvalue weighted by atomic mass is 16.2. The summed E-state index contributed by atoms with van der Waals surface area (Å²) in [4.78, 5) is 36.0. The maximum absolute atomic E-state index is 12.1. The van der Waals surface area contributed by atoms with Crippen LogP contribution in [0, 0.1) is 0 Å². The molecule has 0 bridgehead atoms. The van der Waals surface area contributed by atoms with Crippen molar-refractivity contribution in [3.8, 4) is 0 Å². The van der Waals surface area contributed by atoms with E-state index in [9.17, 15) is 14.4 Å². The van der Waals surface area contributed by atoms with Gasteiger partial charge in [0, 0.05) is 22.7 Å². The quantitative estimate of drug-likeness (QED) is 0.414. The Balaban J connectivity index is 1.57. The Morgan fingerprint density at radius 2 is 1.21 bits per heavy atom. The van der Waals surface area contributed by atoms with Gasteiger partial charge >= 0.3 is 11.8 Å². The molecule has 0 saturated heterocycles. The largest absolute Gasteiger partial charge is 0.398 e. The molecule has 0 aromatic heterocycles. The summed E-state index contributed by atoms with van der Waals surface area (Å²) in [7, 11) is 0. The number of hydrogen-bond donors (Lipinski definition) is 4. The molecule has 3 aromatic rings. The van der Waals surface area contributed by atoms with E-state index in [4.69, 9.17) is 5.73 Å². The third-order valence-electron chi connectivity index (χ3n) is 3.84. The summed E-state index contributed by atoms with van der Waals surface area (Å²) in [6.07, 6.45) is 0. The predicted molar refractivity (Wildman–Crippen MR) is 108 cm³/mol. The molecule has 0 radical (unpaired) electrons. The maximum Gasteiger partial charge on any atom is 0.316 e. The molecule has 0 unspecified atom stereocenters. The molecule has 0 aliphatic rings. The first kappa shape index (κ1) is 18.7. The molecule has 0 spiro atoms. The number of benzene rings is 3. The van der Waals surface area contributed by atoms with E-state index in [1.54, 1.807) is 36.4 Å². The molecular weight excluding hydrogens is 356 g/mol. The molecule has 0 fully saturated rings. The van der Waals surface area contributed by atoms with Crippen molar-refractivity contribution in [2.24, 2.45) is 0 Å². The third kappa shape index (κ3) is 4.73. The minimum absolute atomic E-state index is 0.125. The number of anilines is 4. The average molecular weight is 374 g/mol. The Morgan fingerprint density at radius 3 is 1.89 bits per heavy atom. The lowest BCUT2D eigenvalue weighted by atomic mass is 10.1. The smallest absolute Gasteiger partial charge is 0.316 e. The Bertz CT molecular complexity index is 1000. The molecule has 5 N–H and O–H groups in total. The van der Waals surface area contributed by atoms with Crippen LogP contribution < -0.4 is 21.7 Å². The van der Waals surface area contributed by atoms with E-state index >= 15 is 0 Å². The molecule has 140 valence electrons. The van der Waals surface area contributed by atoms with Gasteiger partial charge in [0.15, 0.2) is 0 Å². The van der Waals surface area contributed by atoms with Crippen molar-refractivity contribution >= 4 is 40.5 Å². The van der Waals surface area contributed by atoms with Gasteiger partial charge in [0.25, 0.3) is 5.91 Å². The molecule has 7 nitrogen and oxygen atoms in total. The monoisotopic (exact) mass is 374 g/mol. The van der Waals surface area contributed by atoms with Gasteiger partial charge in [-0.05, 0) is 48.5 Å². The number of rotatable bonds is 4. The van der Waals surface area contributed by atoms with Gasteiger partial charge in [-0.3, -0.25) is 19.7 Å². The highest BCUT2D eigenvalue weighted by molar-refractivity contribution is 6.42. The standard InChI is InChI=1S/C21H18N4O3/c22-18-9-5-4-8-17(18)19(26)25-21(28)20(27)24-16-12-10-15(11-13-16)23-14-6-2-1-3-7-14/h1-13,23H,22H2,(H,24,27)(H,25,26,28). The van der Waals surface area contributed by atoms with Gasteiger partial charge < -0.3 is 16.4 Å². The Labute approximate surface area is 161 Å². The minimum atomic E-state index is -1.07. The lowest BCUT2D eigenvalue weighted by Gasteiger charge is -2.09. The second-order valence-electron chi connectivity index (χ2n) is 5.89. The summed E-state index contributed by atoms with van der Waals surface area (Å²) in [5.41, 5.74) is 8.20. The maximum atomic E-state index is 12.1.